The van der Waals surface area contributed by atoms with Crippen molar-refractivity contribution in [2.45, 2.75) is 57.1 Å². The van der Waals surface area contributed by atoms with Gasteiger partial charge in [-0.3, -0.25) is 9.59 Å². The molecule has 0 aliphatic carbocycles. The fraction of sp³-hybridized carbons (Fsp3) is 0.278. The van der Waals surface area contributed by atoms with Crippen molar-refractivity contribution < 1.29 is 22.7 Å². The van der Waals surface area contributed by atoms with Crippen molar-refractivity contribution in [1.82, 2.24) is 14.9 Å². The molecule has 2 amide bonds. The maximum Gasteiger partial charge on any atom is 0.243 e. The molecule has 1 unspecified atom stereocenters. The highest BCUT2D eigenvalue weighted by Crippen LogP contribution is 2.20. The van der Waals surface area contributed by atoms with Gasteiger partial charge in [0.2, 0.25) is 21.8 Å². The topological polar surface area (TPSA) is 105 Å². The number of nitrogens with zero attached hydrogens (tertiary/aromatic N) is 1. The zero-order chi connectivity index (χ0) is 32.2. The van der Waals surface area contributed by atoms with E-state index in [-0.39, 0.29) is 29.7 Å². The van der Waals surface area contributed by atoms with Gasteiger partial charge in [0.1, 0.15) is 11.8 Å². The van der Waals surface area contributed by atoms with Crippen LogP contribution in [0, 0.1) is 6.92 Å². The quantitative estimate of drug-likeness (QED) is 0.189. The van der Waals surface area contributed by atoms with Crippen molar-refractivity contribution in [3.05, 3.63) is 131 Å². The first kappa shape index (κ1) is 33.4. The number of hydrogen-bond acceptors (Lipinski definition) is 5. The molecular formula is C36H41N3O5S. The van der Waals surface area contributed by atoms with E-state index < -0.39 is 16.1 Å². The summed E-state index contributed by atoms with van der Waals surface area (Å²) in [5, 5.41) is 3.07. The number of benzene rings is 4. The zero-order valence-corrected chi connectivity index (χ0v) is 26.8. The summed E-state index contributed by atoms with van der Waals surface area (Å²) in [7, 11) is -1.97. The van der Waals surface area contributed by atoms with Crippen LogP contribution in [0.25, 0.3) is 0 Å². The summed E-state index contributed by atoms with van der Waals surface area (Å²) in [6, 6.07) is 30.9. The van der Waals surface area contributed by atoms with Gasteiger partial charge in [0.25, 0.3) is 0 Å². The van der Waals surface area contributed by atoms with Gasteiger partial charge in [-0.25, -0.2) is 13.1 Å². The van der Waals surface area contributed by atoms with Crippen molar-refractivity contribution in [3.8, 4) is 5.75 Å². The Morgan fingerprint density at radius 1 is 0.800 bits per heavy atom. The Labute approximate surface area is 266 Å². The Bertz CT molecular complexity index is 1640. The normalized spacial score (nSPS) is 11.9. The lowest BCUT2D eigenvalue weighted by atomic mass is 10.0. The molecule has 8 nitrogen and oxygen atoms in total. The lowest BCUT2D eigenvalue weighted by molar-refractivity contribution is -0.141. The van der Waals surface area contributed by atoms with E-state index >= 15 is 0 Å². The number of methoxy groups -OCH3 is 1. The fourth-order valence-corrected chi connectivity index (χ4v) is 6.04. The van der Waals surface area contributed by atoms with E-state index in [1.54, 1.807) is 43.2 Å². The van der Waals surface area contributed by atoms with Crippen molar-refractivity contribution in [1.29, 1.82) is 0 Å². The molecule has 0 aromatic heterocycles. The van der Waals surface area contributed by atoms with Crippen LogP contribution >= 0.6 is 0 Å². The number of nitrogens with one attached hydrogen (secondary N) is 2. The molecule has 0 spiro atoms. The number of amides is 2. The molecule has 0 saturated heterocycles. The van der Waals surface area contributed by atoms with Gasteiger partial charge in [-0.05, 0) is 59.9 Å². The second-order valence-electron chi connectivity index (χ2n) is 10.9. The Balaban J connectivity index is 1.59. The molecule has 0 heterocycles. The predicted octanol–water partition coefficient (Wildman–Crippen LogP) is 5.19. The molecule has 236 valence electrons. The summed E-state index contributed by atoms with van der Waals surface area (Å²) in [5.41, 5.74) is 4.74. The highest BCUT2D eigenvalue weighted by molar-refractivity contribution is 7.89. The minimum atomic E-state index is -3.57. The zero-order valence-electron chi connectivity index (χ0n) is 26.0. The van der Waals surface area contributed by atoms with E-state index in [0.29, 0.717) is 31.7 Å². The average Bonchev–Trinajstić information content (AvgIpc) is 3.05. The van der Waals surface area contributed by atoms with Crippen LogP contribution in [0.4, 0.5) is 0 Å². The van der Waals surface area contributed by atoms with Gasteiger partial charge < -0.3 is 15.0 Å². The summed E-state index contributed by atoms with van der Waals surface area (Å²) in [5.74, 6) is 0.286. The molecule has 0 aliphatic rings. The molecule has 0 fully saturated rings. The number of hydrogen-bond donors (Lipinski definition) is 2. The Hall–Kier alpha value is -4.47. The monoisotopic (exact) mass is 627 g/mol. The van der Waals surface area contributed by atoms with Gasteiger partial charge in [-0.1, -0.05) is 91.3 Å². The fourth-order valence-electron chi connectivity index (χ4n) is 5.00. The van der Waals surface area contributed by atoms with Crippen molar-refractivity contribution in [2.75, 3.05) is 13.7 Å². The van der Waals surface area contributed by atoms with Crippen LogP contribution in [0.5, 0.6) is 5.75 Å². The first-order valence-electron chi connectivity index (χ1n) is 15.1. The molecule has 9 heteroatoms. The SMILES string of the molecule is CCNS(=O)(=O)c1ccc(CCC(=O)N(Cc2ccc(OC)cc2)C(Cc2ccccc2)C(=O)NCc2ccc(C)cc2)cc1. The summed E-state index contributed by atoms with van der Waals surface area (Å²) >= 11 is 0. The van der Waals surface area contributed by atoms with E-state index in [2.05, 4.69) is 10.0 Å². The predicted molar refractivity (Wildman–Crippen MR) is 176 cm³/mol. The molecule has 4 rings (SSSR count). The van der Waals surface area contributed by atoms with E-state index in [9.17, 15) is 18.0 Å². The van der Waals surface area contributed by atoms with Crippen molar-refractivity contribution >= 4 is 21.8 Å². The molecule has 45 heavy (non-hydrogen) atoms. The van der Waals surface area contributed by atoms with Crippen LogP contribution in [-0.2, 0) is 45.5 Å². The lowest BCUT2D eigenvalue weighted by Crippen LogP contribution is -2.50. The number of aryl methyl sites for hydroxylation is 2. The highest BCUT2D eigenvalue weighted by atomic mass is 32.2. The maximum absolute atomic E-state index is 14.0. The van der Waals surface area contributed by atoms with Crippen LogP contribution in [0.3, 0.4) is 0 Å². The number of carbonyl (C=O) groups is 2. The average molecular weight is 628 g/mol. The second kappa shape index (κ2) is 16.0. The standard InChI is InChI=1S/C36H41N3O5S/c1-4-38-45(42,43)33-21-16-28(17-22-33)18-23-35(40)39(26-31-14-19-32(44-3)20-15-31)34(24-29-8-6-5-7-9-29)36(41)37-25-30-12-10-27(2)11-13-30/h5-17,19-22,34,38H,4,18,23-26H2,1-3H3,(H,37,41). The molecule has 0 saturated carbocycles. The molecular weight excluding hydrogens is 586 g/mol. The Morgan fingerprint density at radius 2 is 1.42 bits per heavy atom. The van der Waals surface area contributed by atoms with Crippen LogP contribution in [-0.4, -0.2) is 44.8 Å². The number of ether oxygens (including phenoxy) is 1. The smallest absolute Gasteiger partial charge is 0.243 e. The molecule has 4 aromatic carbocycles. The van der Waals surface area contributed by atoms with Gasteiger partial charge in [-0.15, -0.1) is 0 Å². The maximum atomic E-state index is 14.0. The molecule has 0 aliphatic heterocycles. The minimum absolute atomic E-state index is 0.145. The first-order chi connectivity index (χ1) is 21.7. The van der Waals surface area contributed by atoms with Crippen LogP contribution < -0.4 is 14.8 Å². The summed E-state index contributed by atoms with van der Waals surface area (Å²) < 4.78 is 32.5. The number of sulfonamides is 1. The molecule has 2 N–H and O–H groups in total. The Kier molecular flexibility index (Phi) is 11.9. The van der Waals surface area contributed by atoms with Crippen LogP contribution in [0.1, 0.15) is 41.2 Å². The van der Waals surface area contributed by atoms with Gasteiger partial charge in [0.15, 0.2) is 0 Å². The summed E-state index contributed by atoms with van der Waals surface area (Å²) in [4.78, 5) is 29.7. The van der Waals surface area contributed by atoms with Crippen molar-refractivity contribution in [3.63, 3.8) is 0 Å². The van der Waals surface area contributed by atoms with Gasteiger partial charge >= 0.3 is 0 Å². The van der Waals surface area contributed by atoms with E-state index in [1.165, 1.54) is 0 Å². The molecule has 0 radical (unpaired) electrons. The van der Waals surface area contributed by atoms with Crippen LogP contribution in [0.15, 0.2) is 108 Å². The third-order valence-electron chi connectivity index (χ3n) is 7.57. The summed E-state index contributed by atoms with van der Waals surface area (Å²) in [6.45, 7) is 4.62. The van der Waals surface area contributed by atoms with E-state index in [1.807, 2.05) is 85.8 Å². The largest absolute Gasteiger partial charge is 0.497 e. The van der Waals surface area contributed by atoms with Gasteiger partial charge in [0, 0.05) is 32.5 Å². The van der Waals surface area contributed by atoms with E-state index in [4.69, 9.17) is 4.74 Å². The highest BCUT2D eigenvalue weighted by Gasteiger charge is 2.30. The number of rotatable bonds is 15. The molecule has 4 aromatic rings. The second-order valence-corrected chi connectivity index (χ2v) is 12.7. The lowest BCUT2D eigenvalue weighted by Gasteiger charge is -2.32. The van der Waals surface area contributed by atoms with E-state index in [0.717, 1.165) is 27.8 Å². The summed E-state index contributed by atoms with van der Waals surface area (Å²) in [6.07, 6.45) is 0.883. The van der Waals surface area contributed by atoms with Gasteiger partial charge in [0.05, 0.1) is 12.0 Å². The first-order valence-corrected chi connectivity index (χ1v) is 16.5. The van der Waals surface area contributed by atoms with Gasteiger partial charge in [-0.2, -0.15) is 0 Å². The Morgan fingerprint density at radius 3 is 2.04 bits per heavy atom. The van der Waals surface area contributed by atoms with Crippen LogP contribution in [0.2, 0.25) is 0 Å². The third-order valence-corrected chi connectivity index (χ3v) is 9.13. The third kappa shape index (κ3) is 9.76. The molecule has 0 bridgehead atoms. The number of carbonyl (C=O) groups excluding carboxylic acids is 2. The minimum Gasteiger partial charge on any atom is -0.497 e. The van der Waals surface area contributed by atoms with Crippen molar-refractivity contribution in [2.24, 2.45) is 0 Å². The molecule has 1 atom stereocenters.